The summed E-state index contributed by atoms with van der Waals surface area (Å²) in [7, 11) is -2.61. The minimum Gasteiger partial charge on any atom is -0.507 e. The largest absolute Gasteiger partial charge is 0.507 e. The summed E-state index contributed by atoms with van der Waals surface area (Å²) in [5, 5.41) is 10.3. The van der Waals surface area contributed by atoms with E-state index < -0.39 is 21.9 Å². The number of aromatic hydroxyl groups is 1. The number of phenolic OH excluding ortho intramolecular Hbond substituents is 1. The van der Waals surface area contributed by atoms with Gasteiger partial charge in [0.2, 0.25) is 10.0 Å². The molecule has 0 unspecified atom stereocenters. The fraction of sp³-hybridized carbons (Fsp3) is 0.310. The van der Waals surface area contributed by atoms with Crippen molar-refractivity contribution in [1.82, 2.24) is 4.31 Å². The molecule has 0 spiro atoms. The molecule has 0 aliphatic rings. The van der Waals surface area contributed by atoms with E-state index in [9.17, 15) is 18.3 Å². The molecule has 39 heavy (non-hydrogen) atoms. The van der Waals surface area contributed by atoms with Gasteiger partial charge in [0.1, 0.15) is 23.1 Å². The molecule has 0 heterocycles. The van der Waals surface area contributed by atoms with Crippen LogP contribution in [0.5, 0.6) is 5.75 Å². The van der Waals surface area contributed by atoms with Gasteiger partial charge in [0.25, 0.3) is 0 Å². The van der Waals surface area contributed by atoms with E-state index >= 15 is 0 Å². The maximum absolute atomic E-state index is 13.2. The number of nitrogens with zero attached hydrogens (tertiary/aromatic N) is 2. The van der Waals surface area contributed by atoms with Gasteiger partial charge in [0, 0.05) is 19.2 Å². The molecule has 3 aromatic rings. The second-order valence-electron chi connectivity index (χ2n) is 9.30. The Bertz CT molecular complexity index is 1370. The number of aliphatic imine (C=N–C) groups is 1. The molecule has 0 radical (unpaired) electrons. The molecule has 0 aromatic heterocycles. The summed E-state index contributed by atoms with van der Waals surface area (Å²) in [6, 6.07) is 21.4. The van der Waals surface area contributed by atoms with E-state index in [4.69, 9.17) is 15.2 Å². The van der Waals surface area contributed by atoms with Gasteiger partial charge >= 0.3 is 6.09 Å². The number of ether oxygens (including phenoxy) is 2. The monoisotopic (exact) mass is 553 g/mol. The summed E-state index contributed by atoms with van der Waals surface area (Å²) in [4.78, 5) is 15.4. The Hall–Kier alpha value is -3.73. The lowest BCUT2D eigenvalue weighted by Gasteiger charge is -2.18. The van der Waals surface area contributed by atoms with E-state index in [1.165, 1.54) is 35.1 Å². The number of carbonyl (C=O) groups is 1. The summed E-state index contributed by atoms with van der Waals surface area (Å²) in [6.45, 7) is 4.95. The number of hydrogen-bond donors (Lipinski definition) is 2. The van der Waals surface area contributed by atoms with Crippen molar-refractivity contribution in [2.75, 3.05) is 26.8 Å². The quantitative estimate of drug-likeness (QED) is 0.193. The summed E-state index contributed by atoms with van der Waals surface area (Å²) >= 11 is 0. The number of phenols is 1. The highest BCUT2D eigenvalue weighted by molar-refractivity contribution is 7.89. The van der Waals surface area contributed by atoms with E-state index in [1.54, 1.807) is 0 Å². The van der Waals surface area contributed by atoms with E-state index in [2.05, 4.69) is 18.8 Å². The molecule has 0 aliphatic carbocycles. The Balaban J connectivity index is 1.58. The van der Waals surface area contributed by atoms with Crippen LogP contribution < -0.4 is 5.73 Å². The average molecular weight is 554 g/mol. The Morgan fingerprint density at radius 3 is 2.36 bits per heavy atom. The van der Waals surface area contributed by atoms with Crippen LogP contribution in [0.2, 0.25) is 0 Å². The maximum atomic E-state index is 13.2. The minimum atomic E-state index is -4.05. The zero-order valence-electron chi connectivity index (χ0n) is 22.4. The third kappa shape index (κ3) is 8.64. The maximum Gasteiger partial charge on any atom is 0.435 e. The van der Waals surface area contributed by atoms with Gasteiger partial charge in [-0.15, -0.1) is 0 Å². The van der Waals surface area contributed by atoms with Crippen molar-refractivity contribution in [2.45, 2.75) is 37.7 Å². The van der Waals surface area contributed by atoms with Crippen molar-refractivity contribution >= 4 is 22.0 Å². The van der Waals surface area contributed by atoms with Gasteiger partial charge in [-0.05, 0) is 47.2 Å². The number of amides is 1. The lowest BCUT2D eigenvalue weighted by molar-refractivity contribution is 0.0683. The molecule has 1 amide bonds. The number of benzene rings is 3. The summed E-state index contributed by atoms with van der Waals surface area (Å²) < 4.78 is 38.0. The zero-order valence-corrected chi connectivity index (χ0v) is 23.2. The van der Waals surface area contributed by atoms with Crippen molar-refractivity contribution < 1.29 is 27.8 Å². The first-order chi connectivity index (χ1) is 18.6. The van der Waals surface area contributed by atoms with Crippen LogP contribution in [0.25, 0.3) is 0 Å². The highest BCUT2D eigenvalue weighted by Gasteiger charge is 2.25. The molecule has 0 saturated heterocycles. The van der Waals surface area contributed by atoms with Crippen LogP contribution in [0.15, 0.2) is 82.7 Å². The summed E-state index contributed by atoms with van der Waals surface area (Å²) in [5.41, 5.74) is 9.30. The van der Waals surface area contributed by atoms with Crippen LogP contribution in [0.4, 0.5) is 4.79 Å². The van der Waals surface area contributed by atoms with Crippen molar-refractivity contribution in [3.8, 4) is 5.75 Å². The van der Waals surface area contributed by atoms with Crippen molar-refractivity contribution in [3.05, 3.63) is 95.1 Å². The third-order valence-electron chi connectivity index (χ3n) is 6.08. The average Bonchev–Trinajstić information content (AvgIpc) is 2.92. The van der Waals surface area contributed by atoms with E-state index in [0.29, 0.717) is 18.9 Å². The zero-order chi connectivity index (χ0) is 28.4. The van der Waals surface area contributed by atoms with Crippen LogP contribution in [-0.4, -0.2) is 56.6 Å². The number of hydrogen-bond acceptors (Lipinski definition) is 6. The molecule has 0 fully saturated rings. The molecule has 10 heteroatoms. The molecule has 0 aliphatic heterocycles. The second-order valence-corrected chi connectivity index (χ2v) is 11.3. The van der Waals surface area contributed by atoms with Gasteiger partial charge in [-0.3, -0.25) is 0 Å². The van der Waals surface area contributed by atoms with E-state index in [1.807, 2.05) is 54.6 Å². The standard InChI is InChI=1S/C29H35N3O6S/c1-21(2)24-11-9-22(10-12-24)15-16-32(3)39(35,36)27-19-25(13-14-26(27)33)28(30)31-29(34)38-18-17-37-20-23-7-5-4-6-8-23/h4-14,19,21,33H,15-18,20H2,1-3H3,(H2,30,31,34). The van der Waals surface area contributed by atoms with Gasteiger partial charge in [0.05, 0.1) is 13.2 Å². The first kappa shape index (κ1) is 29.8. The Morgan fingerprint density at radius 1 is 1.00 bits per heavy atom. The predicted octanol–water partition coefficient (Wildman–Crippen LogP) is 4.44. The molecule has 3 rings (SSSR count). The molecule has 0 atom stereocenters. The Kier molecular flexibility index (Phi) is 10.6. The normalized spacial score (nSPS) is 12.2. The van der Waals surface area contributed by atoms with Crippen LogP contribution in [-0.2, 0) is 32.5 Å². The van der Waals surface area contributed by atoms with Crippen LogP contribution in [0.3, 0.4) is 0 Å². The van der Waals surface area contributed by atoms with Gasteiger partial charge in [0.15, 0.2) is 0 Å². The summed E-state index contributed by atoms with van der Waals surface area (Å²) in [5.74, 6) is -0.262. The van der Waals surface area contributed by atoms with Crippen molar-refractivity contribution in [1.29, 1.82) is 0 Å². The number of carbonyl (C=O) groups excluding carboxylic acids is 1. The second kappa shape index (κ2) is 13.9. The van der Waals surface area contributed by atoms with Crippen LogP contribution in [0.1, 0.15) is 42.0 Å². The third-order valence-corrected chi connectivity index (χ3v) is 7.97. The van der Waals surface area contributed by atoms with E-state index in [0.717, 1.165) is 11.1 Å². The van der Waals surface area contributed by atoms with E-state index in [-0.39, 0.29) is 36.1 Å². The summed E-state index contributed by atoms with van der Waals surface area (Å²) in [6.07, 6.45) is -0.437. The fourth-order valence-corrected chi connectivity index (χ4v) is 4.95. The topological polar surface area (TPSA) is 132 Å². The highest BCUT2D eigenvalue weighted by Crippen LogP contribution is 2.27. The van der Waals surface area contributed by atoms with Crippen LogP contribution in [0, 0.1) is 0 Å². The molecular formula is C29H35N3O6S. The smallest absolute Gasteiger partial charge is 0.435 e. The first-order valence-electron chi connectivity index (χ1n) is 12.6. The fourth-order valence-electron chi connectivity index (χ4n) is 3.67. The van der Waals surface area contributed by atoms with Crippen molar-refractivity contribution in [3.63, 3.8) is 0 Å². The molecule has 0 saturated carbocycles. The first-order valence-corrected chi connectivity index (χ1v) is 14.0. The van der Waals surface area contributed by atoms with Gasteiger partial charge < -0.3 is 20.3 Å². The van der Waals surface area contributed by atoms with Gasteiger partial charge in [-0.1, -0.05) is 68.4 Å². The molecule has 3 aromatic carbocycles. The van der Waals surface area contributed by atoms with Gasteiger partial charge in [-0.2, -0.15) is 4.99 Å². The Labute approximate surface area is 229 Å². The van der Waals surface area contributed by atoms with Gasteiger partial charge in [-0.25, -0.2) is 17.5 Å². The molecule has 3 N–H and O–H groups in total. The highest BCUT2D eigenvalue weighted by atomic mass is 32.2. The Morgan fingerprint density at radius 2 is 1.69 bits per heavy atom. The van der Waals surface area contributed by atoms with Crippen LogP contribution >= 0.6 is 0 Å². The number of sulfonamides is 1. The lowest BCUT2D eigenvalue weighted by Crippen LogP contribution is -2.29. The number of likely N-dealkylation sites (N-methyl/N-ethyl adjacent to an activating group) is 1. The van der Waals surface area contributed by atoms with Crippen molar-refractivity contribution in [2.24, 2.45) is 10.7 Å². The molecule has 9 nitrogen and oxygen atoms in total. The molecular weight excluding hydrogens is 518 g/mol. The molecule has 0 bridgehead atoms. The minimum absolute atomic E-state index is 0.0252. The number of nitrogens with two attached hydrogens (primary N) is 1. The predicted molar refractivity (Wildman–Crippen MR) is 150 cm³/mol. The number of amidine groups is 1. The lowest BCUT2D eigenvalue weighted by atomic mass is 10.0. The number of rotatable bonds is 12. The molecule has 208 valence electrons. The SMILES string of the molecule is CC(C)c1ccc(CCN(C)S(=O)(=O)c2cc(C(N)=NC(=O)OCCOCc3ccccc3)ccc2O)cc1.